The Hall–Kier alpha value is -3.00. The van der Waals surface area contributed by atoms with Crippen molar-refractivity contribution in [1.82, 2.24) is 0 Å². The predicted molar refractivity (Wildman–Crippen MR) is 222 cm³/mol. The monoisotopic (exact) mass is 788 g/mol. The van der Waals surface area contributed by atoms with Gasteiger partial charge in [-0.25, -0.2) is 0 Å². The van der Waals surface area contributed by atoms with Crippen molar-refractivity contribution in [3.05, 3.63) is 156 Å². The van der Waals surface area contributed by atoms with E-state index in [1.54, 1.807) is 0 Å². The molecule has 0 aromatic heterocycles. The average Bonchev–Trinajstić information content (AvgIpc) is 3.73. The van der Waals surface area contributed by atoms with Crippen molar-refractivity contribution in [3.8, 4) is 33.4 Å². The minimum absolute atomic E-state index is 0.204. The van der Waals surface area contributed by atoms with E-state index in [0.717, 1.165) is 9.52 Å². The summed E-state index contributed by atoms with van der Waals surface area (Å²) < 4.78 is 0. The fraction of sp³-hybridized carbons (Fsp3) is 0.217. The molecule has 0 aliphatic carbocycles. The Morgan fingerprint density at radius 3 is 1.68 bits per heavy atom. The molecule has 7 rings (SSSR count). The third kappa shape index (κ3) is 10.5. The molecule has 4 heteroatoms. The summed E-state index contributed by atoms with van der Waals surface area (Å²) in [4.78, 5) is 0. The molecule has 0 saturated carbocycles. The molecule has 7 aromatic rings. The van der Waals surface area contributed by atoms with E-state index in [4.69, 9.17) is 17.0 Å². The molecule has 0 heterocycles. The first-order valence-corrected chi connectivity index (χ1v) is 25.5. The van der Waals surface area contributed by atoms with Crippen molar-refractivity contribution >= 4 is 48.1 Å². The van der Waals surface area contributed by atoms with Crippen LogP contribution in [0.1, 0.15) is 57.2 Å². The first kappa shape index (κ1) is 39.8. The average molecular weight is 791 g/mol. The van der Waals surface area contributed by atoms with Gasteiger partial charge in [0.1, 0.15) is 0 Å². The van der Waals surface area contributed by atoms with Crippen LogP contribution in [0.3, 0.4) is 0 Å². The van der Waals surface area contributed by atoms with Gasteiger partial charge in [0.25, 0.3) is 0 Å². The fourth-order valence-electron chi connectivity index (χ4n) is 6.12. The van der Waals surface area contributed by atoms with Crippen molar-refractivity contribution in [2.24, 2.45) is 0 Å². The van der Waals surface area contributed by atoms with Crippen molar-refractivity contribution in [1.29, 1.82) is 0 Å². The molecule has 0 atom stereocenters. The standard InChI is InChI=1S/C22H17.C22H25.C2H6Si.2ClH.Zr/c1-16-12-20-14-19(17-8-4-2-5-9-17)15-22(21(20)13-16)18-10-6-3-7-11-18;1-15(2)18-13-17-7-6-8-20(21(17)14-18)16-9-11-19(12-10-16)22(3,4)5;1-3-2;;;/h2-15H,1H3;6-15H,1-5H3;1-2H3;2*1H;/q2*-1;;;;+4/p-2. The second-order valence-corrected chi connectivity index (χ2v) is 18.7. The van der Waals surface area contributed by atoms with Gasteiger partial charge in [0.05, 0.1) is 0 Å². The Morgan fingerprint density at radius 1 is 0.580 bits per heavy atom. The third-order valence-electron chi connectivity index (χ3n) is 8.66. The fourth-order valence-corrected chi connectivity index (χ4v) is 6.12. The van der Waals surface area contributed by atoms with Crippen LogP contribution in [0, 0.1) is 6.92 Å². The van der Waals surface area contributed by atoms with Crippen LogP contribution in [-0.2, 0) is 26.3 Å². The van der Waals surface area contributed by atoms with Crippen molar-refractivity contribution in [3.63, 3.8) is 0 Å². The number of aryl methyl sites for hydroxylation is 1. The van der Waals surface area contributed by atoms with Crippen LogP contribution in [0.25, 0.3) is 54.9 Å². The third-order valence-corrected chi connectivity index (χ3v) is 8.66. The Labute approximate surface area is 322 Å². The van der Waals surface area contributed by atoms with E-state index in [9.17, 15) is 0 Å². The first-order valence-electron chi connectivity index (χ1n) is 17.2. The Kier molecular flexibility index (Phi) is 15.1. The summed E-state index contributed by atoms with van der Waals surface area (Å²) in [5.74, 6) is 0.573. The van der Waals surface area contributed by atoms with Crippen LogP contribution in [0.2, 0.25) is 13.1 Å². The van der Waals surface area contributed by atoms with Gasteiger partial charge in [-0.2, -0.15) is 12.1 Å². The van der Waals surface area contributed by atoms with Gasteiger partial charge in [-0.15, -0.1) is 63.0 Å². The molecule has 7 aromatic carbocycles. The summed E-state index contributed by atoms with van der Waals surface area (Å²) in [5.41, 5.74) is 12.1. The van der Waals surface area contributed by atoms with Crippen LogP contribution >= 0.6 is 17.0 Å². The van der Waals surface area contributed by atoms with Crippen LogP contribution < -0.4 is 0 Å². The van der Waals surface area contributed by atoms with E-state index in [-0.39, 0.29) is 5.41 Å². The number of hydrogen-bond acceptors (Lipinski definition) is 0. The zero-order chi connectivity index (χ0) is 36.3. The molecule has 2 radical (unpaired) electrons. The second kappa shape index (κ2) is 19.0. The number of rotatable bonds is 4. The zero-order valence-electron chi connectivity index (χ0n) is 30.6. The molecular weight excluding hydrogens is 743 g/mol. The number of halogens is 2. The van der Waals surface area contributed by atoms with Crippen molar-refractivity contribution < 1.29 is 20.8 Å². The van der Waals surface area contributed by atoms with E-state index >= 15 is 0 Å². The van der Waals surface area contributed by atoms with Gasteiger partial charge >= 0.3 is 37.9 Å². The molecule has 0 N–H and O–H groups in total. The number of fused-ring (bicyclic) bond motifs is 2. The van der Waals surface area contributed by atoms with Crippen molar-refractivity contribution in [2.45, 2.75) is 66.0 Å². The van der Waals surface area contributed by atoms with Gasteiger partial charge in [-0.05, 0) is 33.6 Å². The molecular formula is C46H48Cl2SiZr. The molecule has 0 bridgehead atoms. The van der Waals surface area contributed by atoms with Crippen molar-refractivity contribution in [2.75, 3.05) is 0 Å². The summed E-state index contributed by atoms with van der Waals surface area (Å²) in [6, 6.07) is 50.8. The maximum absolute atomic E-state index is 4.93. The summed E-state index contributed by atoms with van der Waals surface area (Å²) in [5, 5.41) is 5.37. The van der Waals surface area contributed by atoms with Gasteiger partial charge in [0.15, 0.2) is 0 Å². The van der Waals surface area contributed by atoms with Crippen LogP contribution in [0.5, 0.6) is 0 Å². The molecule has 0 aliphatic rings. The van der Waals surface area contributed by atoms with E-state index < -0.39 is 20.8 Å². The molecule has 0 unspecified atom stereocenters. The Morgan fingerprint density at radius 2 is 1.12 bits per heavy atom. The molecule has 0 nitrogen and oxygen atoms in total. The predicted octanol–water partition coefficient (Wildman–Crippen LogP) is 15.0. The van der Waals surface area contributed by atoms with E-state index in [1.165, 1.54) is 71.6 Å². The molecule has 0 fully saturated rings. The molecule has 0 spiro atoms. The summed E-state index contributed by atoms with van der Waals surface area (Å²) in [6.07, 6.45) is 0. The zero-order valence-corrected chi connectivity index (χ0v) is 35.6. The number of benzene rings is 5. The SMILES string of the molecule is CC(C)c1cc2c(-c3ccc(C(C)(C)C)cc3)cccc2[cH-]1.C[Si]C.Cc1cc2c(-c3ccccc3)cc(-c3ccccc3)cc2[cH-]1.[Cl][Zr+2][Cl]. The van der Waals surface area contributed by atoms with E-state index in [2.05, 4.69) is 194 Å². The van der Waals surface area contributed by atoms with Gasteiger partial charge in [-0.1, -0.05) is 168 Å². The van der Waals surface area contributed by atoms with Gasteiger partial charge in [0, 0.05) is 9.52 Å². The van der Waals surface area contributed by atoms with Gasteiger partial charge in [0.2, 0.25) is 0 Å². The van der Waals surface area contributed by atoms with Gasteiger partial charge in [-0.3, -0.25) is 0 Å². The normalized spacial score (nSPS) is 10.8. The van der Waals surface area contributed by atoms with Gasteiger partial charge < -0.3 is 0 Å². The first-order chi connectivity index (χ1) is 24.0. The molecule has 0 aliphatic heterocycles. The molecule has 254 valence electrons. The molecule has 0 amide bonds. The second-order valence-electron chi connectivity index (χ2n) is 13.9. The van der Waals surface area contributed by atoms with Crippen LogP contribution in [0.4, 0.5) is 0 Å². The Balaban J connectivity index is 0.000000195. The van der Waals surface area contributed by atoms with E-state index in [1.807, 2.05) is 0 Å². The summed E-state index contributed by atoms with van der Waals surface area (Å²) in [6.45, 7) is 17.8. The van der Waals surface area contributed by atoms with Crippen LogP contribution in [-0.4, -0.2) is 9.52 Å². The summed E-state index contributed by atoms with van der Waals surface area (Å²) in [7, 11) is 11.0. The topological polar surface area (TPSA) is 0 Å². The maximum atomic E-state index is 4.93. The summed E-state index contributed by atoms with van der Waals surface area (Å²) >= 11 is -0.826. The van der Waals surface area contributed by atoms with Crippen LogP contribution in [0.15, 0.2) is 140 Å². The minimum atomic E-state index is -0.826. The number of hydrogen-bond donors (Lipinski definition) is 0. The molecule has 0 saturated heterocycles. The molecule has 50 heavy (non-hydrogen) atoms. The quantitative estimate of drug-likeness (QED) is 0.123. The van der Waals surface area contributed by atoms with E-state index in [0.29, 0.717) is 5.92 Å². The Bertz CT molecular complexity index is 2050.